The molecule has 6 heteroatoms. The van der Waals surface area contributed by atoms with E-state index in [1.165, 1.54) is 5.56 Å². The van der Waals surface area contributed by atoms with E-state index < -0.39 is 0 Å². The van der Waals surface area contributed by atoms with Crippen molar-refractivity contribution < 1.29 is 0 Å². The molecule has 0 radical (unpaired) electrons. The van der Waals surface area contributed by atoms with Crippen LogP contribution < -0.4 is 10.6 Å². The van der Waals surface area contributed by atoms with Gasteiger partial charge in [0.15, 0.2) is 5.11 Å². The number of thiocarbonyl (C=S) groups is 1. The summed E-state index contributed by atoms with van der Waals surface area (Å²) in [4.78, 5) is 0. The number of nitrogens with zero attached hydrogens (tertiary/aromatic N) is 2. The van der Waals surface area contributed by atoms with Crippen LogP contribution in [0.15, 0.2) is 30.5 Å². The lowest BCUT2D eigenvalue weighted by Gasteiger charge is -2.11. The van der Waals surface area contributed by atoms with Crippen molar-refractivity contribution in [3.63, 3.8) is 0 Å². The first-order valence-corrected chi connectivity index (χ1v) is 7.64. The van der Waals surface area contributed by atoms with Gasteiger partial charge in [0, 0.05) is 25.0 Å². The molecule has 2 N–H and O–H groups in total. The van der Waals surface area contributed by atoms with Gasteiger partial charge in [-0.2, -0.15) is 5.10 Å². The van der Waals surface area contributed by atoms with Crippen LogP contribution in [0.4, 0.5) is 5.69 Å². The summed E-state index contributed by atoms with van der Waals surface area (Å²) in [5.41, 5.74) is 3.07. The minimum Gasteiger partial charge on any atom is -0.362 e. The fourth-order valence-corrected chi connectivity index (χ4v) is 2.32. The van der Waals surface area contributed by atoms with E-state index in [0.717, 1.165) is 30.9 Å². The third-order valence-corrected chi connectivity index (χ3v) is 3.63. The third-order valence-electron chi connectivity index (χ3n) is 3.01. The summed E-state index contributed by atoms with van der Waals surface area (Å²) < 4.78 is 1.86. The molecule has 0 amide bonds. The molecule has 0 spiro atoms. The number of benzene rings is 1. The maximum Gasteiger partial charge on any atom is 0.170 e. The first-order chi connectivity index (χ1) is 10.0. The fraction of sp³-hybridized carbons (Fsp3) is 0.333. The van der Waals surface area contributed by atoms with E-state index in [-0.39, 0.29) is 0 Å². The van der Waals surface area contributed by atoms with Crippen molar-refractivity contribution in [2.45, 2.75) is 26.8 Å². The summed E-state index contributed by atoms with van der Waals surface area (Å²) in [5, 5.41) is 12.0. The highest BCUT2D eigenvalue weighted by Gasteiger charge is 2.02. The highest BCUT2D eigenvalue weighted by atomic mass is 35.5. The van der Waals surface area contributed by atoms with Gasteiger partial charge in [-0.1, -0.05) is 23.7 Å². The van der Waals surface area contributed by atoms with Gasteiger partial charge in [-0.3, -0.25) is 4.68 Å². The molecule has 112 valence electrons. The zero-order valence-corrected chi connectivity index (χ0v) is 13.8. The largest absolute Gasteiger partial charge is 0.362 e. The summed E-state index contributed by atoms with van der Waals surface area (Å²) in [6, 6.07) is 8.11. The second-order valence-corrected chi connectivity index (χ2v) is 5.74. The van der Waals surface area contributed by atoms with Gasteiger partial charge in [0.25, 0.3) is 0 Å². The quantitative estimate of drug-likeness (QED) is 0.653. The van der Waals surface area contributed by atoms with Crippen LogP contribution in [-0.2, 0) is 6.54 Å². The Morgan fingerprint density at radius 2 is 2.19 bits per heavy atom. The van der Waals surface area contributed by atoms with Crippen molar-refractivity contribution in [3.05, 3.63) is 46.7 Å². The number of hydrogen-bond acceptors (Lipinski definition) is 2. The van der Waals surface area contributed by atoms with Crippen molar-refractivity contribution in [3.8, 4) is 0 Å². The van der Waals surface area contributed by atoms with E-state index in [1.807, 2.05) is 29.9 Å². The van der Waals surface area contributed by atoms with E-state index in [1.54, 1.807) is 0 Å². The second-order valence-electron chi connectivity index (χ2n) is 4.93. The molecule has 0 saturated heterocycles. The first kappa shape index (κ1) is 15.8. The van der Waals surface area contributed by atoms with Gasteiger partial charge >= 0.3 is 0 Å². The van der Waals surface area contributed by atoms with E-state index in [0.29, 0.717) is 10.1 Å². The third kappa shape index (κ3) is 5.02. The molecule has 2 aromatic rings. The number of hydrogen-bond donors (Lipinski definition) is 2. The van der Waals surface area contributed by atoms with Crippen molar-refractivity contribution in [1.29, 1.82) is 0 Å². The Kier molecular flexibility index (Phi) is 5.59. The van der Waals surface area contributed by atoms with Gasteiger partial charge in [0.05, 0.1) is 10.7 Å². The lowest BCUT2D eigenvalue weighted by Crippen LogP contribution is -2.29. The van der Waals surface area contributed by atoms with E-state index in [9.17, 15) is 0 Å². The standard InChI is InChI=1S/C15H19ClN4S/c1-11-5-3-6-13(9-11)18-15(21)17-7-4-8-20-10-14(16)12(2)19-20/h3,5-6,9-10H,4,7-8H2,1-2H3,(H2,17,18,21). The maximum atomic E-state index is 5.97. The molecule has 21 heavy (non-hydrogen) atoms. The Balaban J connectivity index is 1.70. The first-order valence-electron chi connectivity index (χ1n) is 6.85. The Morgan fingerprint density at radius 3 is 2.86 bits per heavy atom. The van der Waals surface area contributed by atoms with Gasteiger partial charge in [0.1, 0.15) is 0 Å². The average molecular weight is 323 g/mol. The highest BCUT2D eigenvalue weighted by molar-refractivity contribution is 7.80. The normalized spacial score (nSPS) is 10.4. The zero-order chi connectivity index (χ0) is 15.2. The van der Waals surface area contributed by atoms with Crippen LogP contribution in [0.25, 0.3) is 0 Å². The van der Waals surface area contributed by atoms with Crippen molar-refractivity contribution in [2.24, 2.45) is 0 Å². The van der Waals surface area contributed by atoms with Crippen LogP contribution in [0.2, 0.25) is 5.02 Å². The molecule has 0 atom stereocenters. The van der Waals surface area contributed by atoms with Gasteiger partial charge in [-0.25, -0.2) is 0 Å². The molecule has 1 aromatic heterocycles. The number of aryl methyl sites for hydroxylation is 3. The molecule has 0 aliphatic carbocycles. The summed E-state index contributed by atoms with van der Waals surface area (Å²) in [6.07, 6.45) is 2.77. The highest BCUT2D eigenvalue weighted by Crippen LogP contribution is 2.12. The van der Waals surface area contributed by atoms with Gasteiger partial charge < -0.3 is 10.6 Å². The number of nitrogens with one attached hydrogen (secondary N) is 2. The second kappa shape index (κ2) is 7.43. The fourth-order valence-electron chi connectivity index (χ4n) is 1.95. The molecule has 0 saturated carbocycles. The molecule has 1 aromatic carbocycles. The van der Waals surface area contributed by atoms with Crippen LogP contribution >= 0.6 is 23.8 Å². The van der Waals surface area contributed by atoms with E-state index >= 15 is 0 Å². The lowest BCUT2D eigenvalue weighted by atomic mass is 10.2. The van der Waals surface area contributed by atoms with Crippen LogP contribution in [0, 0.1) is 13.8 Å². The summed E-state index contributed by atoms with van der Waals surface area (Å²) in [6.45, 7) is 5.55. The Bertz CT molecular complexity index is 604. The number of anilines is 1. The monoisotopic (exact) mass is 322 g/mol. The maximum absolute atomic E-state index is 5.97. The van der Waals surface area contributed by atoms with Gasteiger partial charge in [-0.15, -0.1) is 0 Å². The summed E-state index contributed by atoms with van der Waals surface area (Å²) >= 11 is 11.2. The summed E-state index contributed by atoms with van der Waals surface area (Å²) in [5.74, 6) is 0. The molecule has 4 nitrogen and oxygen atoms in total. The molecule has 2 rings (SSSR count). The molecule has 0 fully saturated rings. The van der Waals surface area contributed by atoms with Crippen molar-refractivity contribution in [2.75, 3.05) is 11.9 Å². The van der Waals surface area contributed by atoms with Crippen LogP contribution in [0.3, 0.4) is 0 Å². The zero-order valence-electron chi connectivity index (χ0n) is 12.2. The molecular weight excluding hydrogens is 304 g/mol. The van der Waals surface area contributed by atoms with Crippen LogP contribution in [0.5, 0.6) is 0 Å². The number of aromatic nitrogens is 2. The van der Waals surface area contributed by atoms with Crippen molar-refractivity contribution in [1.82, 2.24) is 15.1 Å². The molecule has 0 bridgehead atoms. The topological polar surface area (TPSA) is 41.9 Å². The Morgan fingerprint density at radius 1 is 1.38 bits per heavy atom. The number of rotatable bonds is 5. The molecule has 0 aliphatic rings. The van der Waals surface area contributed by atoms with Gasteiger partial charge in [-0.05, 0) is 50.2 Å². The van der Waals surface area contributed by atoms with Crippen molar-refractivity contribution >= 4 is 34.6 Å². The van der Waals surface area contributed by atoms with Crippen LogP contribution in [0.1, 0.15) is 17.7 Å². The smallest absolute Gasteiger partial charge is 0.170 e. The minimum absolute atomic E-state index is 0.635. The van der Waals surface area contributed by atoms with E-state index in [2.05, 4.69) is 34.8 Å². The Hall–Kier alpha value is -1.59. The number of halogens is 1. The lowest BCUT2D eigenvalue weighted by molar-refractivity contribution is 0.570. The molecular formula is C15H19ClN4S. The molecule has 1 heterocycles. The Labute approximate surface area is 135 Å². The minimum atomic E-state index is 0.635. The molecule has 0 unspecified atom stereocenters. The predicted octanol–water partition coefficient (Wildman–Crippen LogP) is 3.53. The predicted molar refractivity (Wildman–Crippen MR) is 92.0 cm³/mol. The SMILES string of the molecule is Cc1cccc(NC(=S)NCCCn2cc(Cl)c(C)n2)c1. The van der Waals surface area contributed by atoms with E-state index in [4.69, 9.17) is 23.8 Å². The molecule has 0 aliphatic heterocycles. The summed E-state index contributed by atoms with van der Waals surface area (Å²) in [7, 11) is 0. The van der Waals surface area contributed by atoms with Crippen LogP contribution in [-0.4, -0.2) is 21.4 Å². The van der Waals surface area contributed by atoms with Gasteiger partial charge in [0.2, 0.25) is 0 Å². The average Bonchev–Trinajstić information content (AvgIpc) is 2.74.